The van der Waals surface area contributed by atoms with Crippen molar-refractivity contribution in [2.24, 2.45) is 0 Å². The summed E-state index contributed by atoms with van der Waals surface area (Å²) in [5, 5.41) is 6.26. The van der Waals surface area contributed by atoms with E-state index >= 15 is 0 Å². The molecule has 5 nitrogen and oxygen atoms in total. The van der Waals surface area contributed by atoms with Gasteiger partial charge in [-0.05, 0) is 40.5 Å². The van der Waals surface area contributed by atoms with E-state index in [0.29, 0.717) is 12.6 Å². The lowest BCUT2D eigenvalue weighted by Crippen LogP contribution is -2.46. The molecule has 1 amide bonds. The van der Waals surface area contributed by atoms with Gasteiger partial charge in [0.1, 0.15) is 5.60 Å². The van der Waals surface area contributed by atoms with Crippen LogP contribution in [0.4, 0.5) is 4.79 Å². The fraction of sp³-hybridized carbons (Fsp3) is 0.923. The molecule has 1 fully saturated rings. The first-order chi connectivity index (χ1) is 8.37. The molecule has 106 valence electrons. The first-order valence-electron chi connectivity index (χ1n) is 6.67. The minimum atomic E-state index is -0.443. The number of rotatable bonds is 4. The molecule has 0 aliphatic carbocycles. The van der Waals surface area contributed by atoms with Crippen molar-refractivity contribution in [2.45, 2.75) is 58.2 Å². The van der Waals surface area contributed by atoms with E-state index in [-0.39, 0.29) is 12.1 Å². The Hall–Kier alpha value is -0.810. The van der Waals surface area contributed by atoms with Gasteiger partial charge in [-0.25, -0.2) is 4.79 Å². The highest BCUT2D eigenvalue weighted by molar-refractivity contribution is 5.67. The highest BCUT2D eigenvalue weighted by Gasteiger charge is 2.18. The molecule has 1 rings (SSSR count). The van der Waals surface area contributed by atoms with Crippen LogP contribution in [0.3, 0.4) is 0 Å². The summed E-state index contributed by atoms with van der Waals surface area (Å²) in [5.41, 5.74) is -0.443. The zero-order valence-corrected chi connectivity index (χ0v) is 11.9. The number of ether oxygens (including phenoxy) is 2. The second-order valence-electron chi connectivity index (χ2n) is 5.84. The molecule has 0 aromatic heterocycles. The Kier molecular flexibility index (Phi) is 5.88. The molecule has 0 spiro atoms. The Balaban J connectivity index is 2.16. The van der Waals surface area contributed by atoms with Gasteiger partial charge in [0.05, 0.1) is 0 Å². The normalized spacial score (nSPS) is 19.3. The summed E-state index contributed by atoms with van der Waals surface area (Å²) in [6, 6.07) is 0.731. The summed E-state index contributed by atoms with van der Waals surface area (Å²) in [5.74, 6) is 0. The van der Waals surface area contributed by atoms with E-state index in [1.807, 2.05) is 20.8 Å². The predicted molar refractivity (Wildman–Crippen MR) is 70.7 cm³/mol. The first-order valence-corrected chi connectivity index (χ1v) is 6.67. The van der Waals surface area contributed by atoms with Gasteiger partial charge in [-0.1, -0.05) is 0 Å². The summed E-state index contributed by atoms with van der Waals surface area (Å²) < 4.78 is 10.5. The lowest BCUT2D eigenvalue weighted by atomic mass is 10.1. The highest BCUT2D eigenvalue weighted by Crippen LogP contribution is 2.08. The van der Waals surface area contributed by atoms with E-state index < -0.39 is 5.60 Å². The van der Waals surface area contributed by atoms with Gasteiger partial charge in [-0.2, -0.15) is 0 Å². The van der Waals surface area contributed by atoms with Crippen molar-refractivity contribution in [1.82, 2.24) is 10.6 Å². The summed E-state index contributed by atoms with van der Waals surface area (Å²) in [6.45, 7) is 9.86. The molecule has 0 aromatic carbocycles. The lowest BCUT2D eigenvalue weighted by molar-refractivity contribution is 0.0515. The minimum Gasteiger partial charge on any atom is -0.444 e. The van der Waals surface area contributed by atoms with Crippen molar-refractivity contribution in [3.8, 4) is 0 Å². The first kappa shape index (κ1) is 15.2. The predicted octanol–water partition coefficient (Wildman–Crippen LogP) is 1.67. The summed E-state index contributed by atoms with van der Waals surface area (Å²) in [7, 11) is 0. The van der Waals surface area contributed by atoms with Gasteiger partial charge in [0.25, 0.3) is 0 Å². The number of nitrogens with one attached hydrogen (secondary N) is 2. The zero-order valence-electron chi connectivity index (χ0n) is 11.9. The number of carbonyl (C=O) groups is 1. The van der Waals surface area contributed by atoms with Crippen molar-refractivity contribution < 1.29 is 14.3 Å². The quantitative estimate of drug-likeness (QED) is 0.805. The molecule has 1 atom stereocenters. The summed E-state index contributed by atoms with van der Waals surface area (Å²) in [4.78, 5) is 11.5. The fourth-order valence-corrected chi connectivity index (χ4v) is 1.88. The number of hydrogen-bond acceptors (Lipinski definition) is 4. The smallest absolute Gasteiger partial charge is 0.407 e. The molecule has 18 heavy (non-hydrogen) atoms. The van der Waals surface area contributed by atoms with Crippen LogP contribution in [0.5, 0.6) is 0 Å². The van der Waals surface area contributed by atoms with Gasteiger partial charge in [-0.15, -0.1) is 0 Å². The van der Waals surface area contributed by atoms with Crippen LogP contribution in [-0.4, -0.2) is 43.5 Å². The van der Waals surface area contributed by atoms with Gasteiger partial charge in [0.2, 0.25) is 0 Å². The van der Waals surface area contributed by atoms with Crippen molar-refractivity contribution in [2.75, 3.05) is 19.8 Å². The third kappa shape index (κ3) is 6.81. The number of hydrogen-bond donors (Lipinski definition) is 2. The minimum absolute atomic E-state index is 0.237. The number of carbonyl (C=O) groups excluding carboxylic acids is 1. The van der Waals surface area contributed by atoms with Crippen LogP contribution in [-0.2, 0) is 9.47 Å². The fourth-order valence-electron chi connectivity index (χ4n) is 1.88. The lowest BCUT2D eigenvalue weighted by Gasteiger charge is -2.27. The molecular formula is C13H26N2O3. The van der Waals surface area contributed by atoms with Gasteiger partial charge in [0.15, 0.2) is 0 Å². The van der Waals surface area contributed by atoms with Crippen LogP contribution in [0, 0.1) is 0 Å². The molecule has 0 radical (unpaired) electrons. The molecule has 0 saturated carbocycles. The molecule has 2 N–H and O–H groups in total. The Bertz CT molecular complexity index is 257. The molecule has 5 heteroatoms. The number of alkyl carbamates (subject to hydrolysis) is 1. The average Bonchev–Trinajstić information content (AvgIpc) is 2.25. The third-order valence-electron chi connectivity index (χ3n) is 2.69. The van der Waals surface area contributed by atoms with E-state index in [2.05, 4.69) is 17.6 Å². The zero-order chi connectivity index (χ0) is 13.6. The van der Waals surface area contributed by atoms with Crippen molar-refractivity contribution in [3.05, 3.63) is 0 Å². The van der Waals surface area contributed by atoms with Crippen molar-refractivity contribution in [3.63, 3.8) is 0 Å². The van der Waals surface area contributed by atoms with Gasteiger partial charge >= 0.3 is 6.09 Å². The standard InChI is InChI=1S/C13H26N2O3/c1-10(15-11-5-7-17-8-6-11)9-14-12(16)18-13(2,3)4/h10-11,15H,5-9H2,1-4H3,(H,14,16). The maximum absolute atomic E-state index is 11.5. The van der Waals surface area contributed by atoms with Crippen molar-refractivity contribution in [1.29, 1.82) is 0 Å². The maximum Gasteiger partial charge on any atom is 0.407 e. The van der Waals surface area contributed by atoms with Crippen LogP contribution in [0.1, 0.15) is 40.5 Å². The van der Waals surface area contributed by atoms with Crippen LogP contribution < -0.4 is 10.6 Å². The monoisotopic (exact) mass is 258 g/mol. The Morgan fingerprint density at radius 1 is 1.39 bits per heavy atom. The topological polar surface area (TPSA) is 59.6 Å². The summed E-state index contributed by atoms with van der Waals surface area (Å²) in [6.07, 6.45) is 1.72. The van der Waals surface area contributed by atoms with Gasteiger partial charge in [0, 0.05) is 31.8 Å². The van der Waals surface area contributed by atoms with E-state index in [9.17, 15) is 4.79 Å². The Morgan fingerprint density at radius 3 is 2.56 bits per heavy atom. The maximum atomic E-state index is 11.5. The van der Waals surface area contributed by atoms with Crippen molar-refractivity contribution >= 4 is 6.09 Å². The van der Waals surface area contributed by atoms with E-state index in [4.69, 9.17) is 9.47 Å². The SMILES string of the molecule is CC(CNC(=O)OC(C)(C)C)NC1CCOCC1. The largest absolute Gasteiger partial charge is 0.444 e. The summed E-state index contributed by atoms with van der Waals surface area (Å²) >= 11 is 0. The van der Waals surface area contributed by atoms with Gasteiger partial charge < -0.3 is 20.1 Å². The molecule has 0 bridgehead atoms. The van der Waals surface area contributed by atoms with E-state index in [1.54, 1.807) is 0 Å². The molecule has 0 aromatic rings. The third-order valence-corrected chi connectivity index (χ3v) is 2.69. The average molecular weight is 258 g/mol. The van der Waals surface area contributed by atoms with E-state index in [1.165, 1.54) is 0 Å². The molecule has 1 unspecified atom stereocenters. The molecule has 1 aliphatic heterocycles. The van der Waals surface area contributed by atoms with E-state index in [0.717, 1.165) is 26.1 Å². The highest BCUT2D eigenvalue weighted by atomic mass is 16.6. The second-order valence-corrected chi connectivity index (χ2v) is 5.84. The molecular weight excluding hydrogens is 232 g/mol. The van der Waals surface area contributed by atoms with Gasteiger partial charge in [-0.3, -0.25) is 0 Å². The Morgan fingerprint density at radius 2 is 2.00 bits per heavy atom. The molecule has 1 saturated heterocycles. The molecule has 1 aliphatic rings. The van der Waals surface area contributed by atoms with Crippen LogP contribution in [0.15, 0.2) is 0 Å². The Labute approximate surface area is 110 Å². The molecule has 1 heterocycles. The number of amides is 1. The second kappa shape index (κ2) is 6.95. The van der Waals surface area contributed by atoms with Crippen LogP contribution in [0.2, 0.25) is 0 Å². The van der Waals surface area contributed by atoms with Crippen LogP contribution >= 0.6 is 0 Å². The van der Waals surface area contributed by atoms with Crippen LogP contribution in [0.25, 0.3) is 0 Å².